The summed E-state index contributed by atoms with van der Waals surface area (Å²) in [6, 6.07) is 7.65. The van der Waals surface area contributed by atoms with E-state index in [0.29, 0.717) is 49.2 Å². The minimum absolute atomic E-state index is 0.201. The zero-order valence-corrected chi connectivity index (χ0v) is 16.9. The van der Waals surface area contributed by atoms with Gasteiger partial charge in [0.05, 0.1) is 38.2 Å². The second-order valence-corrected chi connectivity index (χ2v) is 6.62. The molecule has 10 nitrogen and oxygen atoms in total. The Kier molecular flexibility index (Phi) is 7.15. The molecule has 30 heavy (non-hydrogen) atoms. The molecule has 0 unspecified atom stereocenters. The molecule has 2 heterocycles. The van der Waals surface area contributed by atoms with E-state index in [1.165, 1.54) is 24.9 Å². The van der Waals surface area contributed by atoms with Crippen molar-refractivity contribution in [3.8, 4) is 0 Å². The predicted molar refractivity (Wildman–Crippen MR) is 109 cm³/mol. The highest BCUT2D eigenvalue weighted by molar-refractivity contribution is 5.93. The smallest absolute Gasteiger partial charge is 0.337 e. The topological polar surface area (TPSA) is 112 Å². The molecule has 1 amide bonds. The lowest BCUT2D eigenvalue weighted by molar-refractivity contribution is -0.116. The standard InChI is InChI=1S/C20H24N4O6/c1-28-13-16-11-18(26)24(20(22-16)23-7-9-30-10-8-23)12-17(25)21-15-5-3-14(4-6-15)19(27)29-2/h3-6,11H,7-10,12-13H2,1-2H3,(H,21,25). The van der Waals surface area contributed by atoms with Gasteiger partial charge in [0, 0.05) is 32.0 Å². The number of anilines is 2. The van der Waals surface area contributed by atoms with Crippen molar-refractivity contribution < 1.29 is 23.8 Å². The number of benzene rings is 1. The lowest BCUT2D eigenvalue weighted by atomic mass is 10.2. The summed E-state index contributed by atoms with van der Waals surface area (Å²) in [6.07, 6.45) is 0. The van der Waals surface area contributed by atoms with E-state index < -0.39 is 11.9 Å². The number of esters is 1. The molecule has 0 saturated carbocycles. The van der Waals surface area contributed by atoms with E-state index >= 15 is 0 Å². The Bertz CT molecular complexity index is 951. The number of ether oxygens (including phenoxy) is 3. The Hall–Kier alpha value is -3.24. The number of methoxy groups -OCH3 is 2. The van der Waals surface area contributed by atoms with Gasteiger partial charge in [0.1, 0.15) is 6.54 Å². The molecule has 160 valence electrons. The normalized spacial score (nSPS) is 13.7. The average molecular weight is 416 g/mol. The molecule has 0 spiro atoms. The van der Waals surface area contributed by atoms with E-state index in [1.807, 2.05) is 4.90 Å². The second kappa shape index (κ2) is 9.99. The molecule has 1 aliphatic rings. The highest BCUT2D eigenvalue weighted by atomic mass is 16.5. The van der Waals surface area contributed by atoms with Crippen LogP contribution in [0.3, 0.4) is 0 Å². The third kappa shape index (κ3) is 5.22. The van der Waals surface area contributed by atoms with E-state index in [-0.39, 0.29) is 18.7 Å². The van der Waals surface area contributed by atoms with Gasteiger partial charge in [-0.05, 0) is 24.3 Å². The number of nitrogens with zero attached hydrogens (tertiary/aromatic N) is 3. The molecule has 3 rings (SSSR count). The van der Waals surface area contributed by atoms with Crippen LogP contribution in [-0.2, 0) is 32.2 Å². The van der Waals surface area contributed by atoms with Crippen LogP contribution in [0.15, 0.2) is 35.1 Å². The van der Waals surface area contributed by atoms with Gasteiger partial charge in [0.2, 0.25) is 11.9 Å². The molecule has 1 aromatic heterocycles. The van der Waals surface area contributed by atoms with Gasteiger partial charge in [0.15, 0.2) is 0 Å². The van der Waals surface area contributed by atoms with Crippen molar-refractivity contribution in [1.29, 1.82) is 0 Å². The monoisotopic (exact) mass is 416 g/mol. The molecular formula is C20H24N4O6. The molecule has 0 radical (unpaired) electrons. The van der Waals surface area contributed by atoms with E-state index in [9.17, 15) is 14.4 Å². The van der Waals surface area contributed by atoms with Crippen molar-refractivity contribution in [3.05, 3.63) is 51.9 Å². The number of morpholine rings is 1. The molecule has 1 aromatic carbocycles. The van der Waals surface area contributed by atoms with Crippen LogP contribution in [0.5, 0.6) is 0 Å². The molecule has 1 saturated heterocycles. The van der Waals surface area contributed by atoms with Crippen LogP contribution in [0.1, 0.15) is 16.1 Å². The van der Waals surface area contributed by atoms with Gasteiger partial charge in [0.25, 0.3) is 5.56 Å². The fourth-order valence-electron chi connectivity index (χ4n) is 3.07. The molecule has 2 aromatic rings. The SMILES string of the molecule is COCc1cc(=O)n(CC(=O)Nc2ccc(C(=O)OC)cc2)c(N2CCOCC2)n1. The van der Waals surface area contributed by atoms with Gasteiger partial charge in [-0.25, -0.2) is 9.78 Å². The molecule has 0 atom stereocenters. The zero-order chi connectivity index (χ0) is 21.5. The summed E-state index contributed by atoms with van der Waals surface area (Å²) in [4.78, 5) is 43.2. The number of carbonyl (C=O) groups excluding carboxylic acids is 2. The van der Waals surface area contributed by atoms with Crippen LogP contribution in [0.25, 0.3) is 0 Å². The first kappa shape index (κ1) is 21.5. The van der Waals surface area contributed by atoms with Crippen molar-refractivity contribution in [3.63, 3.8) is 0 Å². The maximum Gasteiger partial charge on any atom is 0.337 e. The van der Waals surface area contributed by atoms with E-state index in [2.05, 4.69) is 15.0 Å². The fraction of sp³-hybridized carbons (Fsp3) is 0.400. The minimum atomic E-state index is -0.461. The highest BCUT2D eigenvalue weighted by Crippen LogP contribution is 2.14. The first-order valence-electron chi connectivity index (χ1n) is 9.42. The summed E-state index contributed by atoms with van der Waals surface area (Å²) in [6.45, 7) is 2.17. The molecular weight excluding hydrogens is 392 g/mol. The highest BCUT2D eigenvalue weighted by Gasteiger charge is 2.20. The third-order valence-electron chi connectivity index (χ3n) is 4.52. The van der Waals surface area contributed by atoms with E-state index in [0.717, 1.165) is 0 Å². The number of aromatic nitrogens is 2. The van der Waals surface area contributed by atoms with Crippen LogP contribution >= 0.6 is 0 Å². The number of amides is 1. The van der Waals surface area contributed by atoms with Crippen LogP contribution in [0.2, 0.25) is 0 Å². The molecule has 0 aliphatic carbocycles. The van der Waals surface area contributed by atoms with Gasteiger partial charge in [-0.3, -0.25) is 14.2 Å². The van der Waals surface area contributed by atoms with Gasteiger partial charge < -0.3 is 24.4 Å². The van der Waals surface area contributed by atoms with Crippen molar-refractivity contribution in [2.24, 2.45) is 0 Å². The molecule has 1 fully saturated rings. The maximum atomic E-state index is 12.7. The van der Waals surface area contributed by atoms with Crippen molar-refractivity contribution in [1.82, 2.24) is 9.55 Å². The van der Waals surface area contributed by atoms with Crippen LogP contribution in [0.4, 0.5) is 11.6 Å². The molecule has 10 heteroatoms. The van der Waals surface area contributed by atoms with E-state index in [4.69, 9.17) is 9.47 Å². The van der Waals surface area contributed by atoms with Gasteiger partial charge in [-0.1, -0.05) is 0 Å². The zero-order valence-electron chi connectivity index (χ0n) is 16.9. The van der Waals surface area contributed by atoms with Crippen molar-refractivity contribution >= 4 is 23.5 Å². The van der Waals surface area contributed by atoms with Gasteiger partial charge in [-0.15, -0.1) is 0 Å². The first-order valence-corrected chi connectivity index (χ1v) is 9.42. The largest absolute Gasteiger partial charge is 0.465 e. The fourth-order valence-corrected chi connectivity index (χ4v) is 3.07. The van der Waals surface area contributed by atoms with Gasteiger partial charge >= 0.3 is 5.97 Å². The number of carbonyl (C=O) groups is 2. The summed E-state index contributed by atoms with van der Waals surface area (Å²) < 4.78 is 16.5. The minimum Gasteiger partial charge on any atom is -0.465 e. The Morgan fingerprint density at radius 2 is 1.87 bits per heavy atom. The molecule has 1 N–H and O–H groups in total. The van der Waals surface area contributed by atoms with Crippen molar-refractivity contribution in [2.75, 3.05) is 50.7 Å². The lowest BCUT2D eigenvalue weighted by Crippen LogP contribution is -2.42. The second-order valence-electron chi connectivity index (χ2n) is 6.62. The van der Waals surface area contributed by atoms with Crippen LogP contribution in [0, 0.1) is 0 Å². The summed E-state index contributed by atoms with van der Waals surface area (Å²) in [7, 11) is 2.83. The predicted octanol–water partition coefficient (Wildman–Crippen LogP) is 0.652. The van der Waals surface area contributed by atoms with Crippen LogP contribution in [-0.4, -0.2) is 62.0 Å². The molecule has 1 aliphatic heterocycles. The Morgan fingerprint density at radius 1 is 1.17 bits per heavy atom. The summed E-state index contributed by atoms with van der Waals surface area (Å²) in [5.41, 5.74) is 1.03. The quantitative estimate of drug-likeness (QED) is 0.655. The maximum absolute atomic E-state index is 12.7. The number of nitrogens with one attached hydrogen (secondary N) is 1. The van der Waals surface area contributed by atoms with Gasteiger partial charge in [-0.2, -0.15) is 0 Å². The number of hydrogen-bond donors (Lipinski definition) is 1. The number of hydrogen-bond acceptors (Lipinski definition) is 8. The Morgan fingerprint density at radius 3 is 2.50 bits per heavy atom. The Labute approximate surface area is 173 Å². The Balaban J connectivity index is 1.79. The summed E-state index contributed by atoms with van der Waals surface area (Å²) in [5, 5.41) is 2.73. The first-order chi connectivity index (χ1) is 14.5. The average Bonchev–Trinajstić information content (AvgIpc) is 2.76. The third-order valence-corrected chi connectivity index (χ3v) is 4.52. The summed E-state index contributed by atoms with van der Waals surface area (Å²) >= 11 is 0. The summed E-state index contributed by atoms with van der Waals surface area (Å²) in [5.74, 6) is -0.440. The van der Waals surface area contributed by atoms with E-state index in [1.54, 1.807) is 24.3 Å². The number of rotatable bonds is 7. The van der Waals surface area contributed by atoms with Crippen molar-refractivity contribution in [2.45, 2.75) is 13.2 Å². The molecule has 0 bridgehead atoms. The lowest BCUT2D eigenvalue weighted by Gasteiger charge is -2.29. The van der Waals surface area contributed by atoms with Crippen LogP contribution < -0.4 is 15.8 Å².